The Morgan fingerprint density at radius 3 is 1.77 bits per heavy atom. The lowest BCUT2D eigenvalue weighted by atomic mass is 9.85. The van der Waals surface area contributed by atoms with Gasteiger partial charge in [-0.2, -0.15) is 0 Å². The summed E-state index contributed by atoms with van der Waals surface area (Å²) < 4.78 is 147. The van der Waals surface area contributed by atoms with Crippen molar-refractivity contribution in [1.29, 1.82) is 0 Å². The summed E-state index contributed by atoms with van der Waals surface area (Å²) in [4.78, 5) is 0. The summed E-state index contributed by atoms with van der Waals surface area (Å²) in [5.74, 6) is 0. The molecule has 10 rings (SSSR count). The monoisotopic (exact) mass is 612 g/mol. The summed E-state index contributed by atoms with van der Waals surface area (Å²) in [7, 11) is 0. The summed E-state index contributed by atoms with van der Waals surface area (Å²) in [6.45, 7) is 0. The highest BCUT2D eigenvalue weighted by molar-refractivity contribution is 6.23. The van der Waals surface area contributed by atoms with E-state index in [4.69, 9.17) is 20.9 Å². The Morgan fingerprint density at radius 1 is 0.383 bits per heavy atom. The van der Waals surface area contributed by atoms with Crippen LogP contribution in [0.25, 0.3) is 98.4 Å². The first kappa shape index (κ1) is 14.9. The van der Waals surface area contributed by atoms with Crippen LogP contribution in [0, 0.1) is 0 Å². The minimum Gasteiger partial charge on any atom is -0.455 e. The van der Waals surface area contributed by atoms with Crippen LogP contribution in [0.3, 0.4) is 0 Å². The van der Waals surface area contributed by atoms with E-state index < -0.39 is 72.5 Å². The molecule has 0 saturated carbocycles. The molecule has 9 aromatic carbocycles. The van der Waals surface area contributed by atoms with E-state index >= 15 is 0 Å². The SMILES string of the molecule is [2H]c1c(-c2c3ccccc3c(-c3cccc(-c4c([2H])c([2H])c5c([2H])c([2H])c([2H])c([2H])c5c4[2H])c3)c3ccccc23)c([2H])c2c(oc3c4c([2H])c([2H])c([2H])c([2H])c4c([2H])c([2H])c32)c1[2H]. The van der Waals surface area contributed by atoms with E-state index in [0.29, 0.717) is 43.8 Å². The Bertz CT molecular complexity index is 3700. The van der Waals surface area contributed by atoms with Crippen molar-refractivity contribution < 1.29 is 26.3 Å². The molecule has 1 nitrogen and oxygen atoms in total. The lowest BCUT2D eigenvalue weighted by Crippen LogP contribution is -1.91. The average Bonchev–Trinajstić information content (AvgIpc) is 3.69. The number of hydrogen-bond acceptors (Lipinski definition) is 1. The second kappa shape index (κ2) is 10.2. The molecular weight excluding hydrogens is 569 g/mol. The predicted octanol–water partition coefficient (Wildman–Crippen LogP) is 13.2. The summed E-state index contributed by atoms with van der Waals surface area (Å²) in [5.41, 5.74) is 1.73. The Labute approximate surface area is 294 Å². The molecule has 0 fully saturated rings. The van der Waals surface area contributed by atoms with Crippen LogP contribution in [0.1, 0.15) is 21.9 Å². The fourth-order valence-corrected chi connectivity index (χ4v) is 6.50. The second-order valence-electron chi connectivity index (χ2n) is 11.2. The van der Waals surface area contributed by atoms with Crippen molar-refractivity contribution in [2.24, 2.45) is 0 Å². The van der Waals surface area contributed by atoms with Crippen molar-refractivity contribution in [3.05, 3.63) is 169 Å². The van der Waals surface area contributed by atoms with Crippen LogP contribution in [0.5, 0.6) is 0 Å². The van der Waals surface area contributed by atoms with Gasteiger partial charge in [-0.15, -0.1) is 0 Å². The van der Waals surface area contributed by atoms with Crippen LogP contribution in [0.4, 0.5) is 0 Å². The van der Waals surface area contributed by atoms with Gasteiger partial charge in [0, 0.05) is 16.2 Å². The van der Waals surface area contributed by atoms with Gasteiger partial charge < -0.3 is 4.42 Å². The van der Waals surface area contributed by atoms with Gasteiger partial charge in [-0.1, -0.05) is 139 Å². The normalized spacial score (nSPS) is 16.6. The van der Waals surface area contributed by atoms with Gasteiger partial charge in [-0.05, 0) is 101 Å². The molecule has 218 valence electrons. The third kappa shape index (κ3) is 4.03. The molecule has 0 saturated heterocycles. The largest absolute Gasteiger partial charge is 0.455 e. The zero-order valence-electron chi connectivity index (χ0n) is 40.3. The molecule has 0 N–H and O–H groups in total. The first-order chi connectivity index (χ1) is 30.0. The molecule has 0 bridgehead atoms. The van der Waals surface area contributed by atoms with Crippen molar-refractivity contribution in [3.8, 4) is 33.4 Å². The standard InChI is InChI=1S/C46H28O/c1-2-12-31-26-33(21-20-29(31)10-1)32-13-9-14-34(27-32)44-37-16-5-7-18-39(37)45(40-19-8-6-17-38(40)44)35-23-25-43-42(28-35)41-24-22-30-11-3-4-15-36(30)46(41)47-43/h1-28H/i1D,2D,3D,4D,10D,11D,12D,15D,20D,21D,22D,23D,24D,25D,26D,28D. The molecule has 0 radical (unpaired) electrons. The molecule has 1 heterocycles. The maximum absolute atomic E-state index is 9.76. The first-order valence-corrected chi connectivity index (χ1v) is 14.9. The summed E-state index contributed by atoms with van der Waals surface area (Å²) in [5, 5.41) is 1.58. The molecule has 10 aromatic rings. The molecule has 0 aliphatic carbocycles. The topological polar surface area (TPSA) is 13.1 Å². The molecule has 0 amide bonds. The fourth-order valence-electron chi connectivity index (χ4n) is 6.50. The van der Waals surface area contributed by atoms with E-state index in [0.717, 1.165) is 0 Å². The van der Waals surface area contributed by atoms with Crippen molar-refractivity contribution in [1.82, 2.24) is 0 Å². The highest BCUT2D eigenvalue weighted by Crippen LogP contribution is 2.45. The van der Waals surface area contributed by atoms with Gasteiger partial charge in [0.1, 0.15) is 11.2 Å². The minimum absolute atomic E-state index is 0.0128. The predicted molar refractivity (Wildman–Crippen MR) is 200 cm³/mol. The van der Waals surface area contributed by atoms with E-state index in [1.165, 1.54) is 0 Å². The van der Waals surface area contributed by atoms with Crippen LogP contribution in [-0.4, -0.2) is 0 Å². The first-order valence-electron chi connectivity index (χ1n) is 22.9. The van der Waals surface area contributed by atoms with E-state index in [1.807, 2.05) is 42.5 Å². The zero-order chi connectivity index (χ0) is 44.8. The Hall–Kier alpha value is -6.18. The Balaban J connectivity index is 1.28. The van der Waals surface area contributed by atoms with Gasteiger partial charge in [-0.3, -0.25) is 0 Å². The molecule has 0 atom stereocenters. The molecule has 0 aliphatic heterocycles. The molecule has 1 heteroatoms. The maximum atomic E-state index is 9.76. The van der Waals surface area contributed by atoms with Crippen molar-refractivity contribution in [2.45, 2.75) is 0 Å². The van der Waals surface area contributed by atoms with E-state index in [1.54, 1.807) is 30.3 Å². The zero-order valence-corrected chi connectivity index (χ0v) is 24.3. The van der Waals surface area contributed by atoms with Crippen molar-refractivity contribution >= 4 is 65.0 Å². The van der Waals surface area contributed by atoms with E-state index in [-0.39, 0.29) is 78.8 Å². The molecule has 0 unspecified atom stereocenters. The third-order valence-electron chi connectivity index (χ3n) is 8.56. The highest BCUT2D eigenvalue weighted by atomic mass is 16.3. The molecule has 0 aliphatic rings. The summed E-state index contributed by atoms with van der Waals surface area (Å²) in [6.07, 6.45) is 0. The lowest BCUT2D eigenvalue weighted by Gasteiger charge is -2.18. The second-order valence-corrected chi connectivity index (χ2v) is 11.2. The number of fused-ring (bicyclic) bond motifs is 8. The van der Waals surface area contributed by atoms with Gasteiger partial charge >= 0.3 is 0 Å². The van der Waals surface area contributed by atoms with Crippen LogP contribution in [-0.2, 0) is 0 Å². The average molecular weight is 613 g/mol. The number of hydrogen-bond donors (Lipinski definition) is 0. The summed E-state index contributed by atoms with van der Waals surface area (Å²) >= 11 is 0. The highest BCUT2D eigenvalue weighted by Gasteiger charge is 2.18. The van der Waals surface area contributed by atoms with Crippen LogP contribution < -0.4 is 0 Å². The molecule has 0 spiro atoms. The Kier molecular flexibility index (Phi) is 3.23. The van der Waals surface area contributed by atoms with E-state index in [2.05, 4.69) is 0 Å². The molecule has 47 heavy (non-hydrogen) atoms. The van der Waals surface area contributed by atoms with Crippen molar-refractivity contribution in [3.63, 3.8) is 0 Å². The van der Waals surface area contributed by atoms with Gasteiger partial charge in [0.2, 0.25) is 0 Å². The fraction of sp³-hybridized carbons (Fsp3) is 0. The number of rotatable bonds is 3. The van der Waals surface area contributed by atoms with Crippen LogP contribution >= 0.6 is 0 Å². The smallest absolute Gasteiger partial charge is 0.143 e. The molecular formula is C46H28O. The Morgan fingerprint density at radius 2 is 1.00 bits per heavy atom. The molecule has 1 aromatic heterocycles. The lowest BCUT2D eigenvalue weighted by molar-refractivity contribution is 0.672. The van der Waals surface area contributed by atoms with E-state index in [9.17, 15) is 5.48 Å². The summed E-state index contributed by atoms with van der Waals surface area (Å²) in [6, 6.07) is 14.1. The van der Waals surface area contributed by atoms with Crippen LogP contribution in [0.2, 0.25) is 0 Å². The van der Waals surface area contributed by atoms with Gasteiger partial charge in [-0.25, -0.2) is 0 Å². The van der Waals surface area contributed by atoms with Gasteiger partial charge in [0.25, 0.3) is 0 Å². The van der Waals surface area contributed by atoms with Crippen LogP contribution in [0.15, 0.2) is 174 Å². The quantitative estimate of drug-likeness (QED) is 0.181. The van der Waals surface area contributed by atoms with Gasteiger partial charge in [0.05, 0.1) is 21.9 Å². The minimum atomic E-state index is -0.584. The van der Waals surface area contributed by atoms with Gasteiger partial charge in [0.15, 0.2) is 0 Å². The third-order valence-corrected chi connectivity index (χ3v) is 8.56. The van der Waals surface area contributed by atoms with Crippen molar-refractivity contribution in [2.75, 3.05) is 0 Å². The maximum Gasteiger partial charge on any atom is 0.143 e. The number of benzene rings is 9. The number of furan rings is 1.